The van der Waals surface area contributed by atoms with E-state index in [0.29, 0.717) is 10.5 Å². The molecule has 0 bridgehead atoms. The van der Waals surface area contributed by atoms with Gasteiger partial charge in [0.05, 0.1) is 0 Å². The Morgan fingerprint density at radius 2 is 0.417 bits per heavy atom. The molecule has 0 fully saturated rings. The van der Waals surface area contributed by atoms with E-state index in [2.05, 4.69) is 25.3 Å². The van der Waals surface area contributed by atoms with Crippen LogP contribution < -0.4 is 0 Å². The van der Waals surface area contributed by atoms with Crippen molar-refractivity contribution >= 4 is 50.5 Å². The summed E-state index contributed by atoms with van der Waals surface area (Å²) in [5.41, 5.74) is 0. The van der Waals surface area contributed by atoms with Gasteiger partial charge in [-0.2, -0.15) is 50.5 Å². The van der Waals surface area contributed by atoms with Crippen molar-refractivity contribution in [3.63, 3.8) is 0 Å². The van der Waals surface area contributed by atoms with Gasteiger partial charge in [0.25, 0.3) is 0 Å². The van der Waals surface area contributed by atoms with E-state index < -0.39 is 0 Å². The molecule has 2 atom stereocenters. The third-order valence-electron chi connectivity index (χ3n) is 7.76. The van der Waals surface area contributed by atoms with E-state index in [1.165, 1.54) is 180 Å². The summed E-state index contributed by atoms with van der Waals surface area (Å²) in [5.74, 6) is 2.12. The second-order valence-electron chi connectivity index (χ2n) is 11.4. The molecule has 0 saturated carbocycles. The van der Waals surface area contributed by atoms with Crippen molar-refractivity contribution in [3.8, 4) is 0 Å². The van der Waals surface area contributed by atoms with Crippen molar-refractivity contribution in [2.45, 2.75) is 190 Å². The van der Waals surface area contributed by atoms with Crippen LogP contribution >= 0.6 is 50.5 Å². The lowest BCUT2D eigenvalue weighted by molar-refractivity contribution is 0.521. The second-order valence-corrected chi connectivity index (χ2v) is 13.6. The minimum atomic E-state index is 0.485. The minimum Gasteiger partial charge on any atom is -0.179 e. The van der Waals surface area contributed by atoms with Crippen LogP contribution in [0.2, 0.25) is 0 Å². The van der Waals surface area contributed by atoms with Gasteiger partial charge in [-0.1, -0.05) is 154 Å². The van der Waals surface area contributed by atoms with E-state index in [9.17, 15) is 0 Å². The fourth-order valence-corrected chi connectivity index (χ4v) is 6.31. The van der Waals surface area contributed by atoms with Crippen LogP contribution in [0.15, 0.2) is 0 Å². The van der Waals surface area contributed by atoms with Crippen molar-refractivity contribution in [1.29, 1.82) is 0 Å². The van der Waals surface area contributed by atoms with Crippen LogP contribution in [-0.4, -0.2) is 22.0 Å². The lowest BCUT2D eigenvalue weighted by Gasteiger charge is -2.18. The lowest BCUT2D eigenvalue weighted by atomic mass is 10.0. The van der Waals surface area contributed by atoms with Crippen LogP contribution in [-0.2, 0) is 0 Å². The van der Waals surface area contributed by atoms with Crippen molar-refractivity contribution in [3.05, 3.63) is 0 Å². The van der Waals surface area contributed by atoms with Gasteiger partial charge in [0, 0.05) is 10.5 Å². The summed E-state index contributed by atoms with van der Waals surface area (Å²) in [6.07, 6.45) is 39.1. The highest BCUT2D eigenvalue weighted by Gasteiger charge is 2.13. The maximum atomic E-state index is 4.88. The molecule has 0 aliphatic heterocycles. The summed E-state index contributed by atoms with van der Waals surface area (Å²) in [6, 6.07) is 0. The van der Waals surface area contributed by atoms with E-state index in [-0.39, 0.29) is 0 Å². The first-order valence-corrected chi connectivity index (χ1v) is 18.6. The number of unbranched alkanes of at least 4 members (excludes halogenated alkanes) is 24. The zero-order chi connectivity index (χ0) is 26.4. The summed E-state index contributed by atoms with van der Waals surface area (Å²) in [6.45, 7) is 0. The molecule has 0 spiro atoms. The summed E-state index contributed by atoms with van der Waals surface area (Å²) in [4.78, 5) is 0. The summed E-state index contributed by atoms with van der Waals surface area (Å²) in [7, 11) is 0. The largest absolute Gasteiger partial charge is 0.179 e. The molecule has 0 aliphatic rings. The van der Waals surface area contributed by atoms with E-state index >= 15 is 0 Å². The topological polar surface area (TPSA) is 0 Å². The number of hydrogen-bond acceptors (Lipinski definition) is 4. The molecule has 0 rings (SSSR count). The Morgan fingerprint density at radius 3 is 0.611 bits per heavy atom. The molecule has 0 aromatic carbocycles. The van der Waals surface area contributed by atoms with Gasteiger partial charge in [0.15, 0.2) is 0 Å². The van der Waals surface area contributed by atoms with Crippen molar-refractivity contribution in [2.75, 3.05) is 11.5 Å². The van der Waals surface area contributed by atoms with Crippen LogP contribution in [0.3, 0.4) is 0 Å². The van der Waals surface area contributed by atoms with Crippen LogP contribution in [0.1, 0.15) is 180 Å². The first-order valence-electron chi connectivity index (χ1n) is 16.3. The van der Waals surface area contributed by atoms with E-state index in [1.807, 2.05) is 0 Å². The zero-order valence-electron chi connectivity index (χ0n) is 24.2. The summed E-state index contributed by atoms with van der Waals surface area (Å²) < 4.78 is 0. The fourth-order valence-electron chi connectivity index (χ4n) is 5.20. The van der Waals surface area contributed by atoms with Crippen LogP contribution in [0.5, 0.6) is 0 Å². The predicted molar refractivity (Wildman–Crippen MR) is 183 cm³/mol. The molecule has 0 unspecified atom stereocenters. The zero-order valence-corrected chi connectivity index (χ0v) is 27.7. The molecule has 0 amide bonds. The highest BCUT2D eigenvalue weighted by molar-refractivity contribution is 7.85. The quantitative estimate of drug-likeness (QED) is 0.0456. The molecule has 0 aromatic heterocycles. The molecular formula is C32H66S4. The van der Waals surface area contributed by atoms with Gasteiger partial charge in [0.2, 0.25) is 0 Å². The molecule has 0 nitrogen and oxygen atoms in total. The molecular weight excluding hydrogens is 513 g/mol. The molecule has 0 saturated heterocycles. The van der Waals surface area contributed by atoms with Gasteiger partial charge in [-0.25, -0.2) is 0 Å². The third kappa shape index (κ3) is 29.9. The van der Waals surface area contributed by atoms with Crippen molar-refractivity contribution in [2.24, 2.45) is 0 Å². The fraction of sp³-hybridized carbons (Fsp3) is 1.00. The average molecular weight is 579 g/mol. The van der Waals surface area contributed by atoms with Crippen molar-refractivity contribution in [1.82, 2.24) is 0 Å². The Bertz CT molecular complexity index is 354. The molecule has 4 heteroatoms. The maximum absolute atomic E-state index is 4.88. The molecule has 0 aromatic rings. The number of hydrogen-bond donors (Lipinski definition) is 4. The standard InChI is InChI=1S/C32H66S4/c33-29-25-21-17-13-9-5-1-3-7-11-15-19-23-27-31(35)32(36)28-24-20-16-12-8-4-2-6-10-14-18-22-26-30-34/h31-36H,1-30H2/t31-,32-/m0/s1. The Morgan fingerprint density at radius 1 is 0.250 bits per heavy atom. The smallest absolute Gasteiger partial charge is 0.0133 e. The SMILES string of the molecule is SCCCCCCCCCCCCCCC[C@H](S)[C@@H](S)CCCCCCCCCCCCCCCS. The maximum Gasteiger partial charge on any atom is 0.0133 e. The van der Waals surface area contributed by atoms with Gasteiger partial charge in [-0.3, -0.25) is 0 Å². The molecule has 0 radical (unpaired) electrons. The first kappa shape index (κ1) is 37.4. The summed E-state index contributed by atoms with van der Waals surface area (Å²) >= 11 is 18.3. The van der Waals surface area contributed by atoms with E-state index in [1.54, 1.807) is 0 Å². The minimum absolute atomic E-state index is 0.485. The number of thiol groups is 4. The van der Waals surface area contributed by atoms with Gasteiger partial charge in [0.1, 0.15) is 0 Å². The lowest BCUT2D eigenvalue weighted by Crippen LogP contribution is -2.15. The molecule has 0 N–H and O–H groups in total. The number of rotatable bonds is 31. The monoisotopic (exact) mass is 578 g/mol. The molecule has 0 aliphatic carbocycles. The van der Waals surface area contributed by atoms with E-state index in [4.69, 9.17) is 25.3 Å². The highest BCUT2D eigenvalue weighted by Crippen LogP contribution is 2.23. The van der Waals surface area contributed by atoms with Gasteiger partial charge < -0.3 is 0 Å². The van der Waals surface area contributed by atoms with Gasteiger partial charge in [-0.05, 0) is 37.2 Å². The van der Waals surface area contributed by atoms with Gasteiger partial charge in [-0.15, -0.1) is 0 Å². The van der Waals surface area contributed by atoms with Crippen molar-refractivity contribution < 1.29 is 0 Å². The Hall–Kier alpha value is 1.40. The molecule has 218 valence electrons. The first-order chi connectivity index (χ1) is 17.7. The van der Waals surface area contributed by atoms with Crippen LogP contribution in [0.4, 0.5) is 0 Å². The Labute approximate surface area is 251 Å². The highest BCUT2D eigenvalue weighted by atomic mass is 32.1. The van der Waals surface area contributed by atoms with E-state index in [0.717, 1.165) is 11.5 Å². The molecule has 0 heterocycles. The van der Waals surface area contributed by atoms with Gasteiger partial charge >= 0.3 is 0 Å². The predicted octanol–water partition coefficient (Wildman–Crippen LogP) is 12.4. The third-order valence-corrected chi connectivity index (χ3v) is 9.86. The Kier molecular flexibility index (Phi) is 33.9. The average Bonchev–Trinajstić information content (AvgIpc) is 2.88. The second kappa shape index (κ2) is 32.6. The molecule has 36 heavy (non-hydrogen) atoms. The Balaban J connectivity index is 3.27. The summed E-state index contributed by atoms with van der Waals surface area (Å²) in [5, 5.41) is 0.970. The normalized spacial score (nSPS) is 13.3. The van der Waals surface area contributed by atoms with Crippen LogP contribution in [0, 0.1) is 0 Å². The van der Waals surface area contributed by atoms with Crippen LogP contribution in [0.25, 0.3) is 0 Å².